The van der Waals surface area contributed by atoms with Gasteiger partial charge in [0, 0.05) is 29.2 Å². The molecule has 1 aromatic heterocycles. The smallest absolute Gasteiger partial charge is 0.325 e. The topological polar surface area (TPSA) is 114 Å². The van der Waals surface area contributed by atoms with E-state index in [0.717, 1.165) is 10.4 Å². The number of hydrogen-bond acceptors (Lipinski definition) is 6. The number of nitrogens with one attached hydrogen (secondary N) is 1. The van der Waals surface area contributed by atoms with Crippen molar-refractivity contribution in [2.45, 2.75) is 25.4 Å². The number of carbonyl (C=O) groups is 3. The number of hydrogen-bond donors (Lipinski definition) is 1. The summed E-state index contributed by atoms with van der Waals surface area (Å²) < 4.78 is 13.0. The first kappa shape index (κ1) is 21.5. The number of benzene rings is 2. The van der Waals surface area contributed by atoms with E-state index in [4.69, 9.17) is 14.7 Å². The summed E-state index contributed by atoms with van der Waals surface area (Å²) in [6.07, 6.45) is 1.98. The molecule has 2 aromatic carbocycles. The van der Waals surface area contributed by atoms with Crippen LogP contribution >= 0.6 is 0 Å². The molecule has 2 aliphatic heterocycles. The number of amides is 3. The summed E-state index contributed by atoms with van der Waals surface area (Å²) in [7, 11) is 0. The highest BCUT2D eigenvalue weighted by atomic mass is 16.6. The molecular formula is C25H22N4O5. The number of carbonyl (C=O) groups excluding carboxylic acids is 3. The standard InChI is InChI=1S/C25H22N4O5/c1-25(16-7-8-21-22(13-16)34-12-11-33-21)23(31)29(24(32)27-25)15-20(30)18-14-28(10-4-9-26)19-6-3-2-5-17(18)19/h2-3,5-8,13-14H,4,10-12,15H2,1H3,(H,27,32)/t25-/m1/s1. The van der Waals surface area contributed by atoms with Crippen LogP contribution in [0.1, 0.15) is 29.3 Å². The van der Waals surface area contributed by atoms with Gasteiger partial charge >= 0.3 is 6.03 Å². The molecule has 3 amide bonds. The average molecular weight is 458 g/mol. The van der Waals surface area contributed by atoms with Gasteiger partial charge in [0.2, 0.25) is 0 Å². The number of aryl methyl sites for hydroxylation is 1. The Labute approximate surface area is 195 Å². The van der Waals surface area contributed by atoms with Crippen LogP contribution < -0.4 is 14.8 Å². The first-order chi connectivity index (χ1) is 16.4. The predicted molar refractivity (Wildman–Crippen MR) is 122 cm³/mol. The van der Waals surface area contributed by atoms with Crippen molar-refractivity contribution in [2.24, 2.45) is 0 Å². The average Bonchev–Trinajstić information content (AvgIpc) is 3.33. The van der Waals surface area contributed by atoms with Crippen molar-refractivity contribution in [2.75, 3.05) is 19.8 Å². The lowest BCUT2D eigenvalue weighted by Gasteiger charge is -2.25. The summed E-state index contributed by atoms with van der Waals surface area (Å²) >= 11 is 0. The summed E-state index contributed by atoms with van der Waals surface area (Å²) in [4.78, 5) is 40.3. The van der Waals surface area contributed by atoms with Gasteiger partial charge in [-0.25, -0.2) is 4.79 Å². The molecule has 172 valence electrons. The highest BCUT2D eigenvalue weighted by Crippen LogP contribution is 2.37. The van der Waals surface area contributed by atoms with E-state index in [1.807, 2.05) is 28.8 Å². The lowest BCUT2D eigenvalue weighted by molar-refractivity contribution is -0.130. The van der Waals surface area contributed by atoms with Crippen molar-refractivity contribution >= 4 is 28.6 Å². The van der Waals surface area contributed by atoms with E-state index in [2.05, 4.69) is 11.4 Å². The van der Waals surface area contributed by atoms with Crippen LogP contribution in [-0.2, 0) is 16.9 Å². The Morgan fingerprint density at radius 3 is 2.71 bits per heavy atom. The number of nitriles is 1. The molecule has 0 unspecified atom stereocenters. The van der Waals surface area contributed by atoms with Gasteiger partial charge in [0.25, 0.3) is 5.91 Å². The SMILES string of the molecule is C[C@]1(c2ccc3c(c2)OCCO3)NC(=O)N(CC(=O)c2cn(CCC#N)c3ccccc23)C1=O. The van der Waals surface area contributed by atoms with Crippen molar-refractivity contribution in [3.8, 4) is 17.6 Å². The van der Waals surface area contributed by atoms with Crippen LogP contribution in [0, 0.1) is 11.3 Å². The summed E-state index contributed by atoms with van der Waals surface area (Å²) in [6, 6.07) is 13.9. The Balaban J connectivity index is 1.42. The van der Waals surface area contributed by atoms with Gasteiger partial charge < -0.3 is 19.4 Å². The van der Waals surface area contributed by atoms with E-state index in [1.54, 1.807) is 31.3 Å². The normalized spacial score (nSPS) is 19.2. The molecule has 3 heterocycles. The van der Waals surface area contributed by atoms with Crippen LogP contribution in [0.4, 0.5) is 4.79 Å². The largest absolute Gasteiger partial charge is 0.486 e. The number of fused-ring (bicyclic) bond motifs is 2. The molecule has 0 saturated carbocycles. The molecule has 0 aliphatic carbocycles. The van der Waals surface area contributed by atoms with E-state index < -0.39 is 24.0 Å². The van der Waals surface area contributed by atoms with Gasteiger partial charge in [0.15, 0.2) is 17.3 Å². The number of ether oxygens (including phenoxy) is 2. The molecule has 1 atom stereocenters. The van der Waals surface area contributed by atoms with Crippen molar-refractivity contribution in [3.63, 3.8) is 0 Å². The maximum absolute atomic E-state index is 13.4. The summed E-state index contributed by atoms with van der Waals surface area (Å²) in [5.74, 6) is 0.208. The fourth-order valence-electron chi connectivity index (χ4n) is 4.44. The van der Waals surface area contributed by atoms with E-state index >= 15 is 0 Å². The molecular weight excluding hydrogens is 436 g/mol. The number of Topliss-reactive ketones (excluding diaryl/α,β-unsaturated/α-hetero) is 1. The minimum absolute atomic E-state index is 0.299. The molecule has 9 nitrogen and oxygen atoms in total. The first-order valence-corrected chi connectivity index (χ1v) is 10.9. The van der Waals surface area contributed by atoms with E-state index in [1.165, 1.54) is 0 Å². The Morgan fingerprint density at radius 2 is 1.91 bits per heavy atom. The maximum Gasteiger partial charge on any atom is 0.325 e. The van der Waals surface area contributed by atoms with Crippen LogP contribution in [0.15, 0.2) is 48.7 Å². The Bertz CT molecular complexity index is 1370. The minimum Gasteiger partial charge on any atom is -0.486 e. The molecule has 9 heteroatoms. The predicted octanol–water partition coefficient (Wildman–Crippen LogP) is 2.98. The zero-order valence-corrected chi connectivity index (χ0v) is 18.5. The molecule has 34 heavy (non-hydrogen) atoms. The van der Waals surface area contributed by atoms with Gasteiger partial charge in [-0.2, -0.15) is 5.26 Å². The van der Waals surface area contributed by atoms with Crippen LogP contribution in [-0.4, -0.2) is 46.9 Å². The molecule has 0 radical (unpaired) electrons. The summed E-state index contributed by atoms with van der Waals surface area (Å²) in [6.45, 7) is 2.50. The first-order valence-electron chi connectivity index (χ1n) is 10.9. The second-order valence-electron chi connectivity index (χ2n) is 8.39. The number of nitrogens with zero attached hydrogens (tertiary/aromatic N) is 3. The lowest BCUT2D eigenvalue weighted by Crippen LogP contribution is -2.41. The lowest BCUT2D eigenvalue weighted by atomic mass is 9.91. The molecule has 1 fully saturated rings. The van der Waals surface area contributed by atoms with Crippen molar-refractivity contribution in [1.82, 2.24) is 14.8 Å². The highest BCUT2D eigenvalue weighted by Gasteiger charge is 2.50. The van der Waals surface area contributed by atoms with E-state index in [0.29, 0.717) is 54.2 Å². The highest BCUT2D eigenvalue weighted by molar-refractivity contribution is 6.14. The number of imide groups is 1. The number of rotatable bonds is 6. The fraction of sp³-hybridized carbons (Fsp3) is 0.280. The third-order valence-corrected chi connectivity index (χ3v) is 6.25. The molecule has 3 aromatic rings. The zero-order valence-electron chi connectivity index (χ0n) is 18.5. The van der Waals surface area contributed by atoms with E-state index in [9.17, 15) is 14.4 Å². The zero-order chi connectivity index (χ0) is 23.9. The van der Waals surface area contributed by atoms with E-state index in [-0.39, 0.29) is 5.78 Å². The van der Waals surface area contributed by atoms with Crippen LogP contribution in [0.5, 0.6) is 11.5 Å². The molecule has 5 rings (SSSR count). The Hall–Kier alpha value is -4.32. The van der Waals surface area contributed by atoms with Crippen molar-refractivity contribution in [3.05, 3.63) is 59.8 Å². The Kier molecular flexibility index (Phi) is 5.21. The molecule has 2 aliphatic rings. The van der Waals surface area contributed by atoms with Gasteiger partial charge in [0.05, 0.1) is 19.0 Å². The van der Waals surface area contributed by atoms with Gasteiger partial charge in [0.1, 0.15) is 18.8 Å². The Morgan fingerprint density at radius 1 is 1.15 bits per heavy atom. The third kappa shape index (κ3) is 3.44. The van der Waals surface area contributed by atoms with Crippen LogP contribution in [0.2, 0.25) is 0 Å². The van der Waals surface area contributed by atoms with Gasteiger partial charge in [-0.3, -0.25) is 14.5 Å². The molecule has 1 N–H and O–H groups in total. The molecule has 0 spiro atoms. The quantitative estimate of drug-likeness (QED) is 0.449. The van der Waals surface area contributed by atoms with Gasteiger partial charge in [-0.05, 0) is 30.7 Å². The van der Waals surface area contributed by atoms with Crippen LogP contribution in [0.25, 0.3) is 10.9 Å². The van der Waals surface area contributed by atoms with Gasteiger partial charge in [-0.15, -0.1) is 0 Å². The van der Waals surface area contributed by atoms with Crippen molar-refractivity contribution in [1.29, 1.82) is 5.26 Å². The number of ketones is 1. The molecule has 0 bridgehead atoms. The van der Waals surface area contributed by atoms with Gasteiger partial charge in [-0.1, -0.05) is 24.3 Å². The summed E-state index contributed by atoms with van der Waals surface area (Å²) in [5, 5.41) is 12.4. The summed E-state index contributed by atoms with van der Waals surface area (Å²) in [5.41, 5.74) is 0.424. The number of aromatic nitrogens is 1. The minimum atomic E-state index is -1.34. The maximum atomic E-state index is 13.4. The van der Waals surface area contributed by atoms with Crippen LogP contribution in [0.3, 0.4) is 0 Å². The fourth-order valence-corrected chi connectivity index (χ4v) is 4.44. The number of urea groups is 1. The molecule has 1 saturated heterocycles. The number of para-hydroxylation sites is 1. The van der Waals surface area contributed by atoms with Crippen molar-refractivity contribution < 1.29 is 23.9 Å². The second kappa shape index (κ2) is 8.23. The monoisotopic (exact) mass is 458 g/mol. The second-order valence-corrected chi connectivity index (χ2v) is 8.39. The third-order valence-electron chi connectivity index (χ3n) is 6.25.